The van der Waals surface area contributed by atoms with E-state index < -0.39 is 5.97 Å². The van der Waals surface area contributed by atoms with E-state index in [1.54, 1.807) is 6.07 Å². The number of anilines is 1. The van der Waals surface area contributed by atoms with Gasteiger partial charge in [-0.2, -0.15) is 5.26 Å². The molecule has 0 aliphatic carbocycles. The molecule has 0 fully saturated rings. The minimum absolute atomic E-state index is 0.0666. The second-order valence-electron chi connectivity index (χ2n) is 3.17. The number of nitrogens with zero attached hydrogens (tertiary/aromatic N) is 1. The van der Waals surface area contributed by atoms with Gasteiger partial charge in [-0.25, -0.2) is 4.79 Å². The number of aryl methyl sites for hydroxylation is 1. The first kappa shape index (κ1) is 11.8. The zero-order chi connectivity index (χ0) is 12.0. The smallest absolute Gasteiger partial charge is 0.350 e. The van der Waals surface area contributed by atoms with E-state index in [9.17, 15) is 4.79 Å². The Labute approximate surface area is 94.1 Å². The molecule has 0 aliphatic rings. The first-order valence-electron chi connectivity index (χ1n) is 4.69. The molecule has 0 spiro atoms. The average Bonchev–Trinajstić information content (AvgIpc) is 2.31. The van der Waals surface area contributed by atoms with Crippen molar-refractivity contribution >= 4 is 11.7 Å². The highest BCUT2D eigenvalue weighted by Gasteiger charge is 2.07. The van der Waals surface area contributed by atoms with Crippen molar-refractivity contribution in [3.05, 3.63) is 41.6 Å². The predicted octanol–water partition coefficient (Wildman–Crippen LogP) is 1.99. The lowest BCUT2D eigenvalue weighted by Gasteiger charge is -2.01. The van der Waals surface area contributed by atoms with Gasteiger partial charge in [-0.1, -0.05) is 17.7 Å². The maximum absolute atomic E-state index is 11.1. The van der Waals surface area contributed by atoms with Gasteiger partial charge in [-0.05, 0) is 19.1 Å². The van der Waals surface area contributed by atoms with E-state index >= 15 is 0 Å². The Kier molecular flexibility index (Phi) is 4.10. The van der Waals surface area contributed by atoms with Crippen LogP contribution in [0.1, 0.15) is 5.56 Å². The molecule has 4 nitrogen and oxygen atoms in total. The molecule has 0 heterocycles. The van der Waals surface area contributed by atoms with E-state index in [2.05, 4.69) is 10.1 Å². The van der Waals surface area contributed by atoms with Crippen molar-refractivity contribution in [3.8, 4) is 6.07 Å². The number of nitriles is 1. The maximum atomic E-state index is 11.1. The predicted molar refractivity (Wildman–Crippen MR) is 60.5 cm³/mol. The molecule has 0 aliphatic heterocycles. The summed E-state index contributed by atoms with van der Waals surface area (Å²) in [4.78, 5) is 11.1. The van der Waals surface area contributed by atoms with Crippen molar-refractivity contribution < 1.29 is 9.53 Å². The SMILES string of the molecule is COC(=O)/C(C#N)=C/Nc1ccc(C)cc1. The van der Waals surface area contributed by atoms with Gasteiger partial charge in [-0.15, -0.1) is 0 Å². The highest BCUT2D eigenvalue weighted by atomic mass is 16.5. The summed E-state index contributed by atoms with van der Waals surface area (Å²) in [6.45, 7) is 1.98. The molecule has 0 atom stereocenters. The average molecular weight is 216 g/mol. The summed E-state index contributed by atoms with van der Waals surface area (Å²) in [6, 6.07) is 9.34. The van der Waals surface area contributed by atoms with Crippen LogP contribution in [0.4, 0.5) is 5.69 Å². The lowest BCUT2D eigenvalue weighted by Crippen LogP contribution is -2.05. The summed E-state index contributed by atoms with van der Waals surface area (Å²) in [5.41, 5.74) is 1.88. The van der Waals surface area contributed by atoms with Crippen LogP contribution in [0.2, 0.25) is 0 Å². The van der Waals surface area contributed by atoms with Crippen molar-refractivity contribution in [2.24, 2.45) is 0 Å². The quantitative estimate of drug-likeness (QED) is 0.477. The molecule has 0 unspecified atom stereocenters. The molecule has 16 heavy (non-hydrogen) atoms. The van der Waals surface area contributed by atoms with E-state index in [4.69, 9.17) is 5.26 Å². The van der Waals surface area contributed by atoms with Crippen LogP contribution in [0.25, 0.3) is 0 Å². The van der Waals surface area contributed by atoms with Crippen LogP contribution in [0.5, 0.6) is 0 Å². The van der Waals surface area contributed by atoms with E-state index in [0.717, 1.165) is 11.3 Å². The summed E-state index contributed by atoms with van der Waals surface area (Å²) in [7, 11) is 1.24. The standard InChI is InChI=1S/C12H12N2O2/c1-9-3-5-11(6-4-9)14-8-10(7-13)12(15)16-2/h3-6,8,14H,1-2H3/b10-8+. The van der Waals surface area contributed by atoms with Crippen molar-refractivity contribution in [2.75, 3.05) is 12.4 Å². The summed E-state index contributed by atoms with van der Waals surface area (Å²) in [5, 5.41) is 11.5. The Morgan fingerprint density at radius 2 is 2.06 bits per heavy atom. The van der Waals surface area contributed by atoms with Gasteiger partial charge in [0.05, 0.1) is 7.11 Å². The van der Waals surface area contributed by atoms with Gasteiger partial charge in [0, 0.05) is 11.9 Å². The van der Waals surface area contributed by atoms with Gasteiger partial charge >= 0.3 is 5.97 Å². The monoisotopic (exact) mass is 216 g/mol. The van der Waals surface area contributed by atoms with Crippen molar-refractivity contribution in [1.82, 2.24) is 0 Å². The molecular formula is C12H12N2O2. The lowest BCUT2D eigenvalue weighted by atomic mass is 10.2. The summed E-state index contributed by atoms with van der Waals surface area (Å²) in [6.07, 6.45) is 1.33. The molecule has 0 saturated heterocycles. The van der Waals surface area contributed by atoms with E-state index in [-0.39, 0.29) is 5.57 Å². The van der Waals surface area contributed by atoms with Gasteiger partial charge in [0.2, 0.25) is 0 Å². The first-order valence-corrected chi connectivity index (χ1v) is 4.69. The second-order valence-corrected chi connectivity index (χ2v) is 3.17. The van der Waals surface area contributed by atoms with Crippen LogP contribution in [0.15, 0.2) is 36.0 Å². The minimum atomic E-state index is -0.651. The second kappa shape index (κ2) is 5.56. The van der Waals surface area contributed by atoms with Gasteiger partial charge in [0.1, 0.15) is 6.07 Å². The summed E-state index contributed by atoms with van der Waals surface area (Å²) in [5.74, 6) is -0.651. The molecule has 1 aromatic carbocycles. The van der Waals surface area contributed by atoms with Crippen molar-refractivity contribution in [3.63, 3.8) is 0 Å². The largest absolute Gasteiger partial charge is 0.465 e. The molecule has 82 valence electrons. The zero-order valence-electron chi connectivity index (χ0n) is 9.15. The molecular weight excluding hydrogens is 204 g/mol. The first-order chi connectivity index (χ1) is 7.67. The maximum Gasteiger partial charge on any atom is 0.350 e. The van der Waals surface area contributed by atoms with Gasteiger partial charge in [-0.3, -0.25) is 0 Å². The fraction of sp³-hybridized carbons (Fsp3) is 0.167. The third-order valence-electron chi connectivity index (χ3n) is 1.96. The number of carbonyl (C=O) groups is 1. The zero-order valence-corrected chi connectivity index (χ0v) is 9.15. The Balaban J connectivity index is 2.75. The number of carbonyl (C=O) groups excluding carboxylic acids is 1. The summed E-state index contributed by atoms with van der Waals surface area (Å²) >= 11 is 0. The van der Waals surface area contributed by atoms with E-state index in [1.807, 2.05) is 31.2 Å². The Hall–Kier alpha value is -2.28. The number of methoxy groups -OCH3 is 1. The highest BCUT2D eigenvalue weighted by molar-refractivity contribution is 5.92. The molecule has 0 amide bonds. The highest BCUT2D eigenvalue weighted by Crippen LogP contribution is 2.09. The van der Waals surface area contributed by atoms with Crippen LogP contribution in [-0.2, 0) is 9.53 Å². The van der Waals surface area contributed by atoms with Gasteiger partial charge in [0.15, 0.2) is 5.57 Å². The normalized spacial score (nSPS) is 10.4. The van der Waals surface area contributed by atoms with E-state index in [0.29, 0.717) is 0 Å². The number of hydrogen-bond donors (Lipinski definition) is 1. The number of benzene rings is 1. The number of ether oxygens (including phenoxy) is 1. The van der Waals surface area contributed by atoms with Crippen LogP contribution < -0.4 is 5.32 Å². The van der Waals surface area contributed by atoms with Crippen LogP contribution in [0, 0.1) is 18.3 Å². The molecule has 1 N–H and O–H groups in total. The lowest BCUT2D eigenvalue weighted by molar-refractivity contribution is -0.135. The van der Waals surface area contributed by atoms with Crippen LogP contribution in [0.3, 0.4) is 0 Å². The molecule has 1 aromatic rings. The molecule has 0 saturated carbocycles. The van der Waals surface area contributed by atoms with Crippen LogP contribution >= 0.6 is 0 Å². The van der Waals surface area contributed by atoms with Crippen molar-refractivity contribution in [2.45, 2.75) is 6.92 Å². The van der Waals surface area contributed by atoms with Crippen LogP contribution in [-0.4, -0.2) is 13.1 Å². The van der Waals surface area contributed by atoms with Crippen molar-refractivity contribution in [1.29, 1.82) is 5.26 Å². The number of esters is 1. The molecule has 0 aromatic heterocycles. The number of rotatable bonds is 3. The van der Waals surface area contributed by atoms with Gasteiger partial charge in [0.25, 0.3) is 0 Å². The third kappa shape index (κ3) is 3.14. The molecule has 4 heteroatoms. The Bertz CT molecular complexity index is 441. The van der Waals surface area contributed by atoms with E-state index in [1.165, 1.54) is 13.3 Å². The number of nitrogens with one attached hydrogen (secondary N) is 1. The summed E-state index contributed by atoms with van der Waals surface area (Å²) < 4.78 is 4.44. The fourth-order valence-electron chi connectivity index (χ4n) is 1.05. The van der Waals surface area contributed by atoms with Gasteiger partial charge < -0.3 is 10.1 Å². The Morgan fingerprint density at radius 3 is 2.56 bits per heavy atom. The molecule has 1 rings (SSSR count). The number of hydrogen-bond acceptors (Lipinski definition) is 4. The Morgan fingerprint density at radius 1 is 1.44 bits per heavy atom. The third-order valence-corrected chi connectivity index (χ3v) is 1.96. The fourth-order valence-corrected chi connectivity index (χ4v) is 1.05. The molecule has 0 bridgehead atoms. The topological polar surface area (TPSA) is 62.1 Å². The minimum Gasteiger partial charge on any atom is -0.465 e. The molecule has 0 radical (unpaired) electrons.